The van der Waals surface area contributed by atoms with Crippen LogP contribution in [0.1, 0.15) is 41.5 Å². The SMILES string of the molecule is COC(=O)C(NC(=O)OC(C)(C)C)C1(O)CN(C(=O)OC(C)(C)C)C1. The van der Waals surface area contributed by atoms with Crippen molar-refractivity contribution in [3.8, 4) is 0 Å². The standard InChI is InChI=1S/C16H28N2O7/c1-14(2,3)24-12(20)17-10(11(19)23-7)16(22)8-18(9-16)13(21)25-15(4,5)6/h10,22H,8-9H2,1-7H3,(H,17,20). The second kappa shape index (κ2) is 7.07. The van der Waals surface area contributed by atoms with Crippen molar-refractivity contribution < 1.29 is 33.7 Å². The Kier molecular flexibility index (Phi) is 5.94. The number of nitrogens with one attached hydrogen (secondary N) is 1. The summed E-state index contributed by atoms with van der Waals surface area (Å²) in [6.45, 7) is 9.80. The molecule has 1 fully saturated rings. The fourth-order valence-electron chi connectivity index (χ4n) is 2.21. The molecule has 2 amide bonds. The van der Waals surface area contributed by atoms with Gasteiger partial charge in [0.05, 0.1) is 20.2 Å². The Bertz CT molecular complexity index is 528. The maximum absolute atomic E-state index is 12.0. The number of nitrogens with zero attached hydrogens (tertiary/aromatic N) is 1. The lowest BCUT2D eigenvalue weighted by atomic mass is 9.86. The van der Waals surface area contributed by atoms with Crippen LogP contribution < -0.4 is 5.32 Å². The Morgan fingerprint density at radius 1 is 1.04 bits per heavy atom. The Labute approximate surface area is 147 Å². The van der Waals surface area contributed by atoms with Crippen molar-refractivity contribution in [3.63, 3.8) is 0 Å². The number of rotatable bonds is 3. The van der Waals surface area contributed by atoms with E-state index in [0.717, 1.165) is 7.11 Å². The van der Waals surface area contributed by atoms with Gasteiger partial charge in [-0.3, -0.25) is 0 Å². The molecule has 0 radical (unpaired) electrons. The predicted octanol–water partition coefficient (Wildman–Crippen LogP) is 1.03. The number of alkyl carbamates (subject to hydrolysis) is 1. The molecule has 0 aliphatic carbocycles. The normalized spacial score (nSPS) is 17.8. The van der Waals surface area contributed by atoms with Crippen LogP contribution in [0, 0.1) is 0 Å². The zero-order valence-corrected chi connectivity index (χ0v) is 15.8. The average Bonchev–Trinajstić information content (AvgIpc) is 2.36. The second-order valence-electron chi connectivity index (χ2n) is 8.04. The summed E-state index contributed by atoms with van der Waals surface area (Å²) in [4.78, 5) is 37.1. The van der Waals surface area contributed by atoms with Crippen molar-refractivity contribution in [2.75, 3.05) is 20.2 Å². The first-order valence-electron chi connectivity index (χ1n) is 7.94. The molecule has 0 aromatic carbocycles. The number of hydrogen-bond acceptors (Lipinski definition) is 7. The summed E-state index contributed by atoms with van der Waals surface area (Å²) in [5, 5.41) is 12.9. The number of carbonyl (C=O) groups excluding carboxylic acids is 3. The number of amides is 2. The number of aliphatic hydroxyl groups is 1. The summed E-state index contributed by atoms with van der Waals surface area (Å²) in [5.74, 6) is -0.836. The molecule has 1 aliphatic rings. The van der Waals surface area contributed by atoms with Gasteiger partial charge in [-0.1, -0.05) is 0 Å². The molecule has 0 saturated carbocycles. The van der Waals surface area contributed by atoms with Gasteiger partial charge in [0.15, 0.2) is 6.04 Å². The largest absolute Gasteiger partial charge is 0.467 e. The van der Waals surface area contributed by atoms with E-state index in [4.69, 9.17) is 9.47 Å². The fourth-order valence-corrected chi connectivity index (χ4v) is 2.21. The van der Waals surface area contributed by atoms with Crippen molar-refractivity contribution >= 4 is 18.2 Å². The highest BCUT2D eigenvalue weighted by atomic mass is 16.6. The molecule has 1 saturated heterocycles. The van der Waals surface area contributed by atoms with Gasteiger partial charge < -0.3 is 29.5 Å². The third kappa shape index (κ3) is 6.08. The summed E-state index contributed by atoms with van der Waals surface area (Å²) in [7, 11) is 1.14. The Hall–Kier alpha value is -2.03. The van der Waals surface area contributed by atoms with Crippen LogP contribution in [-0.4, -0.2) is 71.2 Å². The zero-order valence-electron chi connectivity index (χ0n) is 15.8. The van der Waals surface area contributed by atoms with E-state index in [1.807, 2.05) is 0 Å². The molecule has 0 aromatic rings. The average molecular weight is 360 g/mol. The first-order valence-corrected chi connectivity index (χ1v) is 7.94. The van der Waals surface area contributed by atoms with E-state index in [1.54, 1.807) is 41.5 Å². The molecule has 0 spiro atoms. The third-order valence-electron chi connectivity index (χ3n) is 3.22. The highest BCUT2D eigenvalue weighted by molar-refractivity contribution is 5.83. The van der Waals surface area contributed by atoms with Crippen LogP contribution in [0.3, 0.4) is 0 Å². The smallest absolute Gasteiger partial charge is 0.410 e. The molecule has 9 nitrogen and oxygen atoms in total. The topological polar surface area (TPSA) is 114 Å². The lowest BCUT2D eigenvalue weighted by molar-refractivity contribution is -0.163. The summed E-state index contributed by atoms with van der Waals surface area (Å²) < 4.78 is 14.9. The highest BCUT2D eigenvalue weighted by Crippen LogP contribution is 2.27. The minimum absolute atomic E-state index is 0.183. The highest BCUT2D eigenvalue weighted by Gasteiger charge is 2.54. The lowest BCUT2D eigenvalue weighted by Gasteiger charge is -2.48. The Balaban J connectivity index is 2.77. The quantitative estimate of drug-likeness (QED) is 0.571. The van der Waals surface area contributed by atoms with Crippen LogP contribution >= 0.6 is 0 Å². The van der Waals surface area contributed by atoms with E-state index >= 15 is 0 Å². The predicted molar refractivity (Wildman–Crippen MR) is 87.9 cm³/mol. The van der Waals surface area contributed by atoms with Gasteiger partial charge in [0, 0.05) is 0 Å². The van der Waals surface area contributed by atoms with E-state index in [9.17, 15) is 19.5 Å². The first kappa shape index (κ1) is 21.0. The second-order valence-corrected chi connectivity index (χ2v) is 8.04. The fraction of sp³-hybridized carbons (Fsp3) is 0.812. The van der Waals surface area contributed by atoms with Gasteiger partial charge in [-0.25, -0.2) is 14.4 Å². The Morgan fingerprint density at radius 2 is 1.52 bits per heavy atom. The van der Waals surface area contributed by atoms with Crippen molar-refractivity contribution in [2.45, 2.75) is 64.4 Å². The monoisotopic (exact) mass is 360 g/mol. The van der Waals surface area contributed by atoms with E-state index in [0.29, 0.717) is 0 Å². The maximum atomic E-state index is 12.0. The van der Waals surface area contributed by atoms with Crippen LogP contribution in [-0.2, 0) is 19.0 Å². The molecule has 1 heterocycles. The molecule has 1 unspecified atom stereocenters. The molecule has 0 bridgehead atoms. The Morgan fingerprint density at radius 3 is 1.92 bits per heavy atom. The first-order chi connectivity index (χ1) is 11.2. The van der Waals surface area contributed by atoms with Gasteiger partial charge in [-0.05, 0) is 41.5 Å². The van der Waals surface area contributed by atoms with Crippen LogP contribution in [0.15, 0.2) is 0 Å². The third-order valence-corrected chi connectivity index (χ3v) is 3.22. The molecule has 1 rings (SSSR count). The van der Waals surface area contributed by atoms with Gasteiger partial charge >= 0.3 is 18.2 Å². The molecular formula is C16H28N2O7. The molecule has 25 heavy (non-hydrogen) atoms. The summed E-state index contributed by atoms with van der Waals surface area (Å²) in [6.07, 6.45) is -1.48. The number of likely N-dealkylation sites (tertiary alicyclic amines) is 1. The van der Waals surface area contributed by atoms with Crippen molar-refractivity contribution in [1.82, 2.24) is 10.2 Å². The molecule has 2 N–H and O–H groups in total. The maximum Gasteiger partial charge on any atom is 0.410 e. The van der Waals surface area contributed by atoms with Gasteiger partial charge in [0.2, 0.25) is 0 Å². The van der Waals surface area contributed by atoms with Gasteiger partial charge in [-0.2, -0.15) is 0 Å². The molecule has 0 aromatic heterocycles. The minimum Gasteiger partial charge on any atom is -0.467 e. The van der Waals surface area contributed by atoms with Crippen LogP contribution in [0.2, 0.25) is 0 Å². The number of methoxy groups -OCH3 is 1. The number of carbonyl (C=O) groups is 3. The minimum atomic E-state index is -1.67. The van der Waals surface area contributed by atoms with Crippen LogP contribution in [0.4, 0.5) is 9.59 Å². The molecule has 1 atom stereocenters. The van der Waals surface area contributed by atoms with Gasteiger partial charge in [-0.15, -0.1) is 0 Å². The van der Waals surface area contributed by atoms with E-state index in [2.05, 4.69) is 10.1 Å². The summed E-state index contributed by atoms with van der Waals surface area (Å²) in [6, 6.07) is -1.37. The van der Waals surface area contributed by atoms with E-state index in [1.165, 1.54) is 4.90 Å². The van der Waals surface area contributed by atoms with E-state index < -0.39 is 41.0 Å². The van der Waals surface area contributed by atoms with Crippen LogP contribution in [0.25, 0.3) is 0 Å². The number of esters is 1. The van der Waals surface area contributed by atoms with Crippen molar-refractivity contribution in [1.29, 1.82) is 0 Å². The molecular weight excluding hydrogens is 332 g/mol. The number of hydrogen-bond donors (Lipinski definition) is 2. The van der Waals surface area contributed by atoms with Crippen LogP contribution in [0.5, 0.6) is 0 Å². The molecule has 1 aliphatic heterocycles. The number of ether oxygens (including phenoxy) is 3. The van der Waals surface area contributed by atoms with Gasteiger partial charge in [0.1, 0.15) is 16.8 Å². The zero-order chi connectivity index (χ0) is 19.6. The van der Waals surface area contributed by atoms with Crippen molar-refractivity contribution in [3.05, 3.63) is 0 Å². The molecule has 9 heteroatoms. The van der Waals surface area contributed by atoms with Crippen molar-refractivity contribution in [2.24, 2.45) is 0 Å². The summed E-state index contributed by atoms with van der Waals surface area (Å²) in [5.41, 5.74) is -3.11. The number of β-amino-alcohol motifs (C(OH)–C–C–N with tert-alkyl or cyclic N) is 1. The molecule has 144 valence electrons. The van der Waals surface area contributed by atoms with E-state index in [-0.39, 0.29) is 13.1 Å². The summed E-state index contributed by atoms with van der Waals surface area (Å²) >= 11 is 0. The van der Waals surface area contributed by atoms with Gasteiger partial charge in [0.25, 0.3) is 0 Å². The lowest BCUT2D eigenvalue weighted by Crippen LogP contribution is -2.74.